The number of hydrogen-bond donors (Lipinski definition) is 0. The van der Waals surface area contributed by atoms with Crippen molar-refractivity contribution in [2.24, 2.45) is 0 Å². The van der Waals surface area contributed by atoms with Crippen LogP contribution in [0.5, 0.6) is 5.88 Å². The molecular weight excluding hydrogens is 368 g/mol. The number of nitrogens with zero attached hydrogens (tertiary/aromatic N) is 2. The van der Waals surface area contributed by atoms with E-state index in [4.69, 9.17) is 4.74 Å². The van der Waals surface area contributed by atoms with Crippen LogP contribution in [0.4, 0.5) is 5.69 Å². The van der Waals surface area contributed by atoms with Crippen LogP contribution in [0.1, 0.15) is 33.1 Å². The molecule has 0 bridgehead atoms. The summed E-state index contributed by atoms with van der Waals surface area (Å²) in [6.45, 7) is 4.12. The Bertz CT molecular complexity index is 441. The fraction of sp³-hybridized carbons (Fsp3) is 0.545. The summed E-state index contributed by atoms with van der Waals surface area (Å²) in [4.78, 5) is 14.3. The van der Waals surface area contributed by atoms with E-state index in [0.717, 1.165) is 19.3 Å². The van der Waals surface area contributed by atoms with Crippen LogP contribution in [-0.4, -0.2) is 16.0 Å². The van der Waals surface area contributed by atoms with Gasteiger partial charge in [0, 0.05) is 6.07 Å². The molecule has 0 aromatic carbocycles. The van der Waals surface area contributed by atoms with E-state index in [0.29, 0.717) is 10.4 Å². The fourth-order valence-electron chi connectivity index (χ4n) is 1.48. The highest BCUT2D eigenvalue weighted by atomic mass is 79.9. The molecular formula is C11H14Br2N2O3. The van der Waals surface area contributed by atoms with Gasteiger partial charge in [-0.05, 0) is 44.7 Å². The second kappa shape index (κ2) is 7.04. The minimum atomic E-state index is -0.491. The fourth-order valence-corrected chi connectivity index (χ4v) is 2.30. The molecule has 0 fully saturated rings. The first-order chi connectivity index (χ1) is 8.49. The van der Waals surface area contributed by atoms with Gasteiger partial charge in [-0.15, -0.1) is 0 Å². The van der Waals surface area contributed by atoms with E-state index in [1.807, 2.05) is 6.92 Å². The highest BCUT2D eigenvalue weighted by molar-refractivity contribution is 9.11. The van der Waals surface area contributed by atoms with Crippen molar-refractivity contribution >= 4 is 37.5 Å². The maximum atomic E-state index is 10.7. The Kier molecular flexibility index (Phi) is 6.01. The van der Waals surface area contributed by atoms with Gasteiger partial charge in [-0.1, -0.05) is 20.3 Å². The number of nitro groups is 1. The van der Waals surface area contributed by atoms with E-state index in [1.165, 1.54) is 6.07 Å². The molecule has 5 nitrogen and oxygen atoms in total. The number of halogens is 2. The molecule has 1 atom stereocenters. The summed E-state index contributed by atoms with van der Waals surface area (Å²) in [6, 6.07) is 1.39. The van der Waals surface area contributed by atoms with Crippen LogP contribution >= 0.6 is 31.9 Å². The molecule has 0 aliphatic heterocycles. The Morgan fingerprint density at radius 3 is 2.67 bits per heavy atom. The average molecular weight is 382 g/mol. The Morgan fingerprint density at radius 2 is 2.17 bits per heavy atom. The zero-order chi connectivity index (χ0) is 13.7. The second-order valence-corrected chi connectivity index (χ2v) is 5.38. The Labute approximate surface area is 122 Å². The van der Waals surface area contributed by atoms with Crippen LogP contribution in [0.25, 0.3) is 0 Å². The summed E-state index contributed by atoms with van der Waals surface area (Å²) in [5.74, 6) is 0.382. The second-order valence-electron chi connectivity index (χ2n) is 3.78. The van der Waals surface area contributed by atoms with Crippen molar-refractivity contribution in [1.82, 2.24) is 4.98 Å². The molecule has 18 heavy (non-hydrogen) atoms. The summed E-state index contributed by atoms with van der Waals surface area (Å²) >= 11 is 6.32. The smallest absolute Gasteiger partial charge is 0.303 e. The van der Waals surface area contributed by atoms with E-state index in [-0.39, 0.29) is 16.4 Å². The van der Waals surface area contributed by atoms with Crippen LogP contribution in [0, 0.1) is 10.1 Å². The van der Waals surface area contributed by atoms with Gasteiger partial charge in [-0.25, -0.2) is 0 Å². The Balaban J connectivity index is 2.97. The van der Waals surface area contributed by atoms with Crippen molar-refractivity contribution in [3.63, 3.8) is 0 Å². The zero-order valence-corrected chi connectivity index (χ0v) is 13.3. The molecule has 0 aliphatic rings. The maximum Gasteiger partial charge on any atom is 0.303 e. The average Bonchev–Trinajstić information content (AvgIpc) is 2.32. The van der Waals surface area contributed by atoms with Gasteiger partial charge in [0.15, 0.2) is 4.60 Å². The topological polar surface area (TPSA) is 65.3 Å². The maximum absolute atomic E-state index is 10.7. The molecule has 0 spiro atoms. The van der Waals surface area contributed by atoms with Crippen LogP contribution in [-0.2, 0) is 0 Å². The lowest BCUT2D eigenvalue weighted by atomic mass is 10.2. The lowest BCUT2D eigenvalue weighted by Crippen LogP contribution is -2.16. The molecule has 0 aliphatic carbocycles. The third-order valence-electron chi connectivity index (χ3n) is 2.42. The standard InChI is InChI=1S/C11H14Br2N2O3/c1-3-5-7(4-2)18-11-8(12)6-9(15(16)17)10(13)14-11/h6-7H,3-5H2,1-2H3. The first-order valence-electron chi connectivity index (χ1n) is 5.66. The number of pyridine rings is 1. The summed E-state index contributed by atoms with van der Waals surface area (Å²) < 4.78 is 6.41. The SMILES string of the molecule is CCCC(CC)Oc1nc(Br)c([N+](=O)[O-])cc1Br. The van der Waals surface area contributed by atoms with Gasteiger partial charge in [-0.3, -0.25) is 10.1 Å². The predicted octanol–water partition coefficient (Wildman–Crippen LogP) is 4.47. The first kappa shape index (κ1) is 15.4. The zero-order valence-electron chi connectivity index (χ0n) is 10.2. The molecule has 1 aromatic heterocycles. The number of aromatic nitrogens is 1. The van der Waals surface area contributed by atoms with E-state index in [2.05, 4.69) is 43.8 Å². The van der Waals surface area contributed by atoms with Crippen LogP contribution in [0.2, 0.25) is 0 Å². The van der Waals surface area contributed by atoms with Crippen molar-refractivity contribution in [3.8, 4) is 5.88 Å². The third kappa shape index (κ3) is 3.91. The molecule has 1 unspecified atom stereocenters. The molecule has 1 aromatic rings. The van der Waals surface area contributed by atoms with Gasteiger partial charge in [0.1, 0.15) is 6.10 Å². The van der Waals surface area contributed by atoms with Gasteiger partial charge < -0.3 is 4.74 Å². The van der Waals surface area contributed by atoms with Gasteiger partial charge in [0.25, 0.3) is 0 Å². The largest absolute Gasteiger partial charge is 0.474 e. The van der Waals surface area contributed by atoms with E-state index < -0.39 is 4.92 Å². The summed E-state index contributed by atoms with van der Waals surface area (Å²) in [6.07, 6.45) is 2.90. The number of hydrogen-bond acceptors (Lipinski definition) is 4. The number of ether oxygens (including phenoxy) is 1. The highest BCUT2D eigenvalue weighted by Gasteiger charge is 2.19. The molecule has 0 saturated heterocycles. The van der Waals surface area contributed by atoms with Crippen LogP contribution in [0.15, 0.2) is 15.1 Å². The van der Waals surface area contributed by atoms with Gasteiger partial charge >= 0.3 is 5.69 Å². The first-order valence-corrected chi connectivity index (χ1v) is 7.25. The molecule has 0 amide bonds. The van der Waals surface area contributed by atoms with Crippen molar-refractivity contribution < 1.29 is 9.66 Å². The van der Waals surface area contributed by atoms with Crippen LogP contribution < -0.4 is 4.74 Å². The normalized spacial score (nSPS) is 12.2. The number of rotatable bonds is 6. The molecule has 7 heteroatoms. The summed E-state index contributed by atoms with van der Waals surface area (Å²) in [5, 5.41) is 10.7. The summed E-state index contributed by atoms with van der Waals surface area (Å²) in [7, 11) is 0. The molecule has 0 radical (unpaired) electrons. The van der Waals surface area contributed by atoms with E-state index >= 15 is 0 Å². The predicted molar refractivity (Wildman–Crippen MR) is 75.9 cm³/mol. The lowest BCUT2D eigenvalue weighted by Gasteiger charge is -2.16. The third-order valence-corrected chi connectivity index (χ3v) is 3.57. The lowest BCUT2D eigenvalue weighted by molar-refractivity contribution is -0.386. The van der Waals surface area contributed by atoms with Crippen molar-refractivity contribution in [2.75, 3.05) is 0 Å². The van der Waals surface area contributed by atoms with Gasteiger partial charge in [0.2, 0.25) is 5.88 Å². The van der Waals surface area contributed by atoms with Crippen molar-refractivity contribution in [2.45, 2.75) is 39.2 Å². The molecule has 0 N–H and O–H groups in total. The van der Waals surface area contributed by atoms with Crippen molar-refractivity contribution in [1.29, 1.82) is 0 Å². The Morgan fingerprint density at radius 1 is 1.50 bits per heavy atom. The minimum Gasteiger partial charge on any atom is -0.474 e. The van der Waals surface area contributed by atoms with E-state index in [1.54, 1.807) is 0 Å². The van der Waals surface area contributed by atoms with Gasteiger partial charge in [-0.2, -0.15) is 4.98 Å². The van der Waals surface area contributed by atoms with Crippen molar-refractivity contribution in [3.05, 3.63) is 25.3 Å². The molecule has 1 heterocycles. The minimum absolute atomic E-state index is 0.0761. The molecule has 1 rings (SSSR count). The molecule has 100 valence electrons. The highest BCUT2D eigenvalue weighted by Crippen LogP contribution is 2.33. The summed E-state index contributed by atoms with van der Waals surface area (Å²) in [5.41, 5.74) is -0.0854. The monoisotopic (exact) mass is 380 g/mol. The quantitative estimate of drug-likeness (QED) is 0.414. The Hall–Kier alpha value is -0.690. The van der Waals surface area contributed by atoms with E-state index in [9.17, 15) is 10.1 Å². The molecule has 0 saturated carbocycles. The van der Waals surface area contributed by atoms with Gasteiger partial charge in [0.05, 0.1) is 9.40 Å². The van der Waals surface area contributed by atoms with Crippen LogP contribution in [0.3, 0.4) is 0 Å².